The molecule has 116 valence electrons. The lowest BCUT2D eigenvalue weighted by Gasteiger charge is -2.30. The van der Waals surface area contributed by atoms with E-state index in [4.69, 9.17) is 0 Å². The van der Waals surface area contributed by atoms with Gasteiger partial charge >= 0.3 is 0 Å². The summed E-state index contributed by atoms with van der Waals surface area (Å²) in [5.74, 6) is 1.78. The molecule has 1 heterocycles. The van der Waals surface area contributed by atoms with Gasteiger partial charge in [0.25, 0.3) is 0 Å². The molecule has 1 saturated heterocycles. The van der Waals surface area contributed by atoms with Gasteiger partial charge in [0.2, 0.25) is 5.91 Å². The van der Waals surface area contributed by atoms with Gasteiger partial charge < -0.3 is 10.6 Å². The van der Waals surface area contributed by atoms with E-state index in [0.717, 1.165) is 38.3 Å². The second-order valence-corrected chi connectivity index (χ2v) is 7.12. The third kappa shape index (κ3) is 4.76. The number of hydrogen-bond donors (Lipinski definition) is 2. The molecule has 1 atom stereocenters. The summed E-state index contributed by atoms with van der Waals surface area (Å²) in [6.07, 6.45) is 10.1. The van der Waals surface area contributed by atoms with Gasteiger partial charge in [0.15, 0.2) is 0 Å². The lowest BCUT2D eigenvalue weighted by atomic mass is 9.79. The molecule has 2 N–H and O–H groups in total. The molecule has 2 aliphatic rings. The van der Waals surface area contributed by atoms with E-state index in [-0.39, 0.29) is 5.92 Å². The number of nitrogens with one attached hydrogen (secondary N) is 2. The Hall–Kier alpha value is -0.570. The second-order valence-electron chi connectivity index (χ2n) is 7.12. The number of hydrogen-bond acceptors (Lipinski definition) is 2. The predicted octanol–water partition coefficient (Wildman–Crippen LogP) is 3.10. The van der Waals surface area contributed by atoms with Gasteiger partial charge in [-0.2, -0.15) is 0 Å². The average molecular weight is 280 g/mol. The van der Waals surface area contributed by atoms with Crippen LogP contribution in [0.1, 0.15) is 65.2 Å². The zero-order valence-corrected chi connectivity index (χ0v) is 13.3. The van der Waals surface area contributed by atoms with Crippen molar-refractivity contribution in [3.63, 3.8) is 0 Å². The Balaban J connectivity index is 1.84. The molecule has 3 nitrogen and oxygen atoms in total. The Morgan fingerprint density at radius 2 is 1.75 bits per heavy atom. The maximum absolute atomic E-state index is 12.6. The standard InChI is InChI=1S/C17H32N2O/c1-13(2)16(12-14-6-4-3-5-7-14)17(20)19-15-8-10-18-11-9-15/h13-16,18H,3-12H2,1-2H3,(H,19,20). The number of rotatable bonds is 5. The van der Waals surface area contributed by atoms with Crippen molar-refractivity contribution in [3.05, 3.63) is 0 Å². The van der Waals surface area contributed by atoms with Crippen LogP contribution in [-0.2, 0) is 4.79 Å². The van der Waals surface area contributed by atoms with Gasteiger partial charge in [0.1, 0.15) is 0 Å². The second kappa shape index (κ2) is 8.02. The monoisotopic (exact) mass is 280 g/mol. The first kappa shape index (κ1) is 15.8. The minimum atomic E-state index is 0.216. The summed E-state index contributed by atoms with van der Waals surface area (Å²) in [5.41, 5.74) is 0. The summed E-state index contributed by atoms with van der Waals surface area (Å²) >= 11 is 0. The van der Waals surface area contributed by atoms with E-state index < -0.39 is 0 Å². The smallest absolute Gasteiger partial charge is 0.223 e. The molecule has 1 amide bonds. The van der Waals surface area contributed by atoms with Crippen LogP contribution in [0.3, 0.4) is 0 Å². The molecule has 1 aliphatic heterocycles. The predicted molar refractivity (Wildman–Crippen MR) is 83.6 cm³/mol. The third-order valence-electron chi connectivity index (χ3n) is 5.14. The van der Waals surface area contributed by atoms with Crippen molar-refractivity contribution >= 4 is 5.91 Å². The molecule has 0 radical (unpaired) electrons. The summed E-state index contributed by atoms with van der Waals surface area (Å²) in [4.78, 5) is 12.6. The maximum Gasteiger partial charge on any atom is 0.223 e. The number of carbonyl (C=O) groups is 1. The SMILES string of the molecule is CC(C)C(CC1CCCCC1)C(=O)NC1CCNCC1. The molecule has 0 aromatic carbocycles. The van der Waals surface area contributed by atoms with Crippen LogP contribution >= 0.6 is 0 Å². The van der Waals surface area contributed by atoms with Crippen LogP contribution in [0.4, 0.5) is 0 Å². The Morgan fingerprint density at radius 1 is 1.10 bits per heavy atom. The largest absolute Gasteiger partial charge is 0.353 e. The Labute approximate surface area is 124 Å². The van der Waals surface area contributed by atoms with Gasteiger partial charge in [-0.25, -0.2) is 0 Å². The van der Waals surface area contributed by atoms with E-state index in [1.807, 2.05) is 0 Å². The highest BCUT2D eigenvalue weighted by Gasteiger charge is 2.28. The topological polar surface area (TPSA) is 41.1 Å². The Kier molecular flexibility index (Phi) is 6.34. The summed E-state index contributed by atoms with van der Waals surface area (Å²) in [6, 6.07) is 0.399. The molecule has 1 aliphatic carbocycles. The van der Waals surface area contributed by atoms with Crippen molar-refractivity contribution in [3.8, 4) is 0 Å². The fourth-order valence-corrected chi connectivity index (χ4v) is 3.74. The molecule has 2 fully saturated rings. The first-order valence-electron chi connectivity index (χ1n) is 8.68. The molecule has 0 aromatic heterocycles. The highest BCUT2D eigenvalue weighted by molar-refractivity contribution is 5.79. The Bertz CT molecular complexity index is 291. The molecule has 20 heavy (non-hydrogen) atoms. The number of piperidine rings is 1. The average Bonchev–Trinajstić information content (AvgIpc) is 2.46. The zero-order chi connectivity index (χ0) is 14.4. The van der Waals surface area contributed by atoms with Crippen LogP contribution in [-0.4, -0.2) is 25.0 Å². The van der Waals surface area contributed by atoms with E-state index >= 15 is 0 Å². The van der Waals surface area contributed by atoms with Gasteiger partial charge in [0, 0.05) is 12.0 Å². The van der Waals surface area contributed by atoms with Gasteiger partial charge in [-0.3, -0.25) is 4.79 Å². The zero-order valence-electron chi connectivity index (χ0n) is 13.3. The van der Waals surface area contributed by atoms with Crippen LogP contribution in [0.2, 0.25) is 0 Å². The van der Waals surface area contributed by atoms with Gasteiger partial charge in [-0.15, -0.1) is 0 Å². The molecule has 3 heteroatoms. The van der Waals surface area contributed by atoms with Gasteiger partial charge in [-0.05, 0) is 44.2 Å². The van der Waals surface area contributed by atoms with Crippen LogP contribution < -0.4 is 10.6 Å². The lowest BCUT2D eigenvalue weighted by Crippen LogP contribution is -2.46. The van der Waals surface area contributed by atoms with E-state index in [1.54, 1.807) is 0 Å². The minimum Gasteiger partial charge on any atom is -0.353 e. The minimum absolute atomic E-state index is 0.216. The van der Waals surface area contributed by atoms with Crippen LogP contribution in [0, 0.1) is 17.8 Å². The molecule has 1 saturated carbocycles. The molecular weight excluding hydrogens is 248 g/mol. The lowest BCUT2D eigenvalue weighted by molar-refractivity contribution is -0.128. The van der Waals surface area contributed by atoms with Crippen LogP contribution in [0.5, 0.6) is 0 Å². The van der Waals surface area contributed by atoms with Crippen molar-refractivity contribution in [2.45, 2.75) is 71.3 Å². The normalized spacial score (nSPS) is 23.8. The summed E-state index contributed by atoms with van der Waals surface area (Å²) < 4.78 is 0. The van der Waals surface area contributed by atoms with Crippen molar-refractivity contribution in [2.24, 2.45) is 17.8 Å². The number of carbonyl (C=O) groups excluding carboxylic acids is 1. The van der Waals surface area contributed by atoms with E-state index in [9.17, 15) is 4.79 Å². The maximum atomic E-state index is 12.6. The van der Waals surface area contributed by atoms with Gasteiger partial charge in [0.05, 0.1) is 0 Å². The van der Waals surface area contributed by atoms with Crippen LogP contribution in [0.25, 0.3) is 0 Å². The summed E-state index contributed by atoms with van der Waals surface area (Å²) in [5, 5.41) is 6.67. The molecule has 0 spiro atoms. The summed E-state index contributed by atoms with van der Waals surface area (Å²) in [7, 11) is 0. The fraction of sp³-hybridized carbons (Fsp3) is 0.941. The van der Waals surface area contributed by atoms with E-state index in [0.29, 0.717) is 17.9 Å². The molecule has 2 rings (SSSR count). The van der Waals surface area contributed by atoms with Crippen molar-refractivity contribution in [1.29, 1.82) is 0 Å². The molecule has 1 unspecified atom stereocenters. The first-order valence-corrected chi connectivity index (χ1v) is 8.68. The highest BCUT2D eigenvalue weighted by Crippen LogP contribution is 2.31. The molecular formula is C17H32N2O. The summed E-state index contributed by atoms with van der Waals surface area (Å²) in [6.45, 7) is 6.49. The van der Waals surface area contributed by atoms with Gasteiger partial charge in [-0.1, -0.05) is 46.0 Å². The first-order chi connectivity index (χ1) is 9.66. The number of amides is 1. The molecule has 0 aromatic rings. The Morgan fingerprint density at radius 3 is 2.35 bits per heavy atom. The van der Waals surface area contributed by atoms with Crippen molar-refractivity contribution in [1.82, 2.24) is 10.6 Å². The highest BCUT2D eigenvalue weighted by atomic mass is 16.1. The molecule has 0 bridgehead atoms. The van der Waals surface area contributed by atoms with Crippen molar-refractivity contribution in [2.75, 3.05) is 13.1 Å². The van der Waals surface area contributed by atoms with Crippen LogP contribution in [0.15, 0.2) is 0 Å². The quantitative estimate of drug-likeness (QED) is 0.812. The van der Waals surface area contributed by atoms with E-state index in [1.165, 1.54) is 32.1 Å². The van der Waals surface area contributed by atoms with E-state index in [2.05, 4.69) is 24.5 Å². The fourth-order valence-electron chi connectivity index (χ4n) is 3.74. The van der Waals surface area contributed by atoms with Crippen molar-refractivity contribution < 1.29 is 4.79 Å². The third-order valence-corrected chi connectivity index (χ3v) is 5.14.